The van der Waals surface area contributed by atoms with Crippen LogP contribution in [0.15, 0.2) is 42.5 Å². The van der Waals surface area contributed by atoms with Gasteiger partial charge in [0.15, 0.2) is 6.29 Å². The fourth-order valence-corrected chi connectivity index (χ4v) is 4.68. The molecule has 1 aliphatic rings. The van der Waals surface area contributed by atoms with Crippen molar-refractivity contribution in [2.24, 2.45) is 5.92 Å². The molecule has 4 N–H and O–H groups in total. The second-order valence-corrected chi connectivity index (χ2v) is 9.11. The first-order chi connectivity index (χ1) is 16.1. The van der Waals surface area contributed by atoms with Crippen molar-refractivity contribution in [3.63, 3.8) is 0 Å². The highest BCUT2D eigenvalue weighted by atomic mass is 19.4. The number of amides is 1. The maximum absolute atomic E-state index is 13.3. The summed E-state index contributed by atoms with van der Waals surface area (Å²) in [7, 11) is 0. The third kappa shape index (κ3) is 5.98. The number of hydrogen-bond acceptors (Lipinski definition) is 4. The minimum Gasteiger partial charge on any atom is -0.396 e. The summed E-state index contributed by atoms with van der Waals surface area (Å²) in [6, 6.07) is 9.71. The monoisotopic (exact) mass is 479 g/mol. The van der Waals surface area contributed by atoms with Gasteiger partial charge in [0.25, 0.3) is 5.91 Å². The van der Waals surface area contributed by atoms with Crippen molar-refractivity contribution in [2.75, 3.05) is 6.61 Å². The van der Waals surface area contributed by atoms with Crippen molar-refractivity contribution >= 4 is 5.91 Å². The molecule has 8 heteroatoms. The van der Waals surface area contributed by atoms with Gasteiger partial charge in [-0.1, -0.05) is 31.5 Å². The molecule has 1 fully saturated rings. The molecule has 0 unspecified atom stereocenters. The Morgan fingerprint density at radius 3 is 2.44 bits per heavy atom. The second kappa shape index (κ2) is 10.9. The van der Waals surface area contributed by atoms with Gasteiger partial charge in [-0.3, -0.25) is 4.79 Å². The van der Waals surface area contributed by atoms with Crippen LogP contribution >= 0.6 is 0 Å². The van der Waals surface area contributed by atoms with Crippen LogP contribution in [0.5, 0.6) is 0 Å². The molecule has 0 heterocycles. The van der Waals surface area contributed by atoms with Crippen LogP contribution in [0.1, 0.15) is 66.9 Å². The molecule has 34 heavy (non-hydrogen) atoms. The van der Waals surface area contributed by atoms with Gasteiger partial charge in [0.05, 0.1) is 11.1 Å². The molecule has 0 aromatic heterocycles. The molecular formula is C26H32F3NO4. The van der Waals surface area contributed by atoms with Crippen molar-refractivity contribution in [1.29, 1.82) is 0 Å². The Bertz CT molecular complexity index is 982. The maximum atomic E-state index is 13.3. The van der Waals surface area contributed by atoms with Crippen LogP contribution < -0.4 is 5.32 Å². The molecule has 186 valence electrons. The average Bonchev–Trinajstić information content (AvgIpc) is 2.82. The quantitative estimate of drug-likeness (QED) is 0.414. The summed E-state index contributed by atoms with van der Waals surface area (Å²) in [6.45, 7) is 2.01. The highest BCUT2D eigenvalue weighted by molar-refractivity contribution is 5.96. The molecule has 1 amide bonds. The predicted octanol–water partition coefficient (Wildman–Crippen LogP) is 4.68. The lowest BCUT2D eigenvalue weighted by molar-refractivity contribution is -0.137. The van der Waals surface area contributed by atoms with Gasteiger partial charge < -0.3 is 20.6 Å². The first-order valence-corrected chi connectivity index (χ1v) is 11.7. The Morgan fingerprint density at radius 1 is 1.15 bits per heavy atom. The molecular weight excluding hydrogens is 447 g/mol. The highest BCUT2D eigenvalue weighted by Gasteiger charge is 2.42. The Labute approximate surface area is 197 Å². The van der Waals surface area contributed by atoms with Crippen LogP contribution in [0.4, 0.5) is 13.2 Å². The third-order valence-corrected chi connectivity index (χ3v) is 6.91. The lowest BCUT2D eigenvalue weighted by Crippen LogP contribution is -2.58. The zero-order chi connectivity index (χ0) is 24.9. The van der Waals surface area contributed by atoms with E-state index >= 15 is 0 Å². The second-order valence-electron chi connectivity index (χ2n) is 9.11. The number of alkyl halides is 3. The maximum Gasteiger partial charge on any atom is 0.416 e. The Morgan fingerprint density at radius 2 is 1.85 bits per heavy atom. The van der Waals surface area contributed by atoms with E-state index in [4.69, 9.17) is 0 Å². The van der Waals surface area contributed by atoms with Gasteiger partial charge in [0.1, 0.15) is 0 Å². The lowest BCUT2D eigenvalue weighted by atomic mass is 9.75. The number of rotatable bonds is 8. The number of aliphatic hydroxyl groups excluding tert-OH is 2. The zero-order valence-electron chi connectivity index (χ0n) is 19.2. The van der Waals surface area contributed by atoms with E-state index in [-0.39, 0.29) is 12.2 Å². The average molecular weight is 480 g/mol. The normalized spacial score (nSPS) is 21.0. The SMILES string of the molecule is CCC1CCC(NC(=O)c2ccc(CCCO)c(-c3cccc(C(F)(F)F)c3)c2)(C(O)O)CC1. The fourth-order valence-electron chi connectivity index (χ4n) is 4.68. The molecule has 2 aromatic carbocycles. The third-order valence-electron chi connectivity index (χ3n) is 6.91. The minimum atomic E-state index is -4.50. The molecule has 0 bridgehead atoms. The number of nitrogens with one attached hydrogen (secondary N) is 1. The van der Waals surface area contributed by atoms with E-state index < -0.39 is 29.5 Å². The van der Waals surface area contributed by atoms with Crippen LogP contribution in [0, 0.1) is 5.92 Å². The number of hydrogen-bond donors (Lipinski definition) is 4. The molecule has 0 atom stereocenters. The molecule has 5 nitrogen and oxygen atoms in total. The van der Waals surface area contributed by atoms with Crippen molar-refractivity contribution in [2.45, 2.75) is 69.9 Å². The zero-order valence-corrected chi connectivity index (χ0v) is 19.2. The van der Waals surface area contributed by atoms with E-state index in [1.165, 1.54) is 12.1 Å². The first-order valence-electron chi connectivity index (χ1n) is 11.7. The minimum absolute atomic E-state index is 0.0695. The summed E-state index contributed by atoms with van der Waals surface area (Å²) >= 11 is 0. The largest absolute Gasteiger partial charge is 0.416 e. The number of benzene rings is 2. The molecule has 0 radical (unpaired) electrons. The van der Waals surface area contributed by atoms with Crippen molar-refractivity contribution in [1.82, 2.24) is 5.32 Å². The summed E-state index contributed by atoms with van der Waals surface area (Å²) in [5, 5.41) is 32.2. The van der Waals surface area contributed by atoms with Crippen molar-refractivity contribution in [3.05, 3.63) is 59.2 Å². The smallest absolute Gasteiger partial charge is 0.396 e. The number of aliphatic hydroxyl groups is 3. The van der Waals surface area contributed by atoms with E-state index in [1.807, 2.05) is 0 Å². The summed E-state index contributed by atoms with van der Waals surface area (Å²) in [5.41, 5.74) is -0.223. The Balaban J connectivity index is 1.94. The van der Waals surface area contributed by atoms with E-state index in [9.17, 15) is 33.3 Å². The standard InChI is InChI=1S/C26H32F3NO4/c1-2-17-10-12-25(13-11-17,24(33)34)30-23(32)20-9-8-18(6-4-14-31)22(16-20)19-5-3-7-21(15-19)26(27,28)29/h3,5,7-9,15-17,24,31,33-34H,2,4,6,10-14H2,1H3,(H,30,32). The molecule has 3 rings (SSSR count). The van der Waals surface area contributed by atoms with E-state index in [0.717, 1.165) is 31.4 Å². The predicted molar refractivity (Wildman–Crippen MR) is 123 cm³/mol. The van der Waals surface area contributed by atoms with Gasteiger partial charge in [-0.15, -0.1) is 0 Å². The molecule has 0 saturated heterocycles. The molecule has 2 aromatic rings. The van der Waals surface area contributed by atoms with Gasteiger partial charge in [-0.05, 0) is 85.4 Å². The highest BCUT2D eigenvalue weighted by Crippen LogP contribution is 2.37. The summed E-state index contributed by atoms with van der Waals surface area (Å²) in [4.78, 5) is 13.2. The first kappa shape index (κ1) is 26.2. The lowest BCUT2D eigenvalue weighted by Gasteiger charge is -2.41. The van der Waals surface area contributed by atoms with Crippen LogP contribution in [0.2, 0.25) is 0 Å². The van der Waals surface area contributed by atoms with Crippen LogP contribution in [-0.2, 0) is 12.6 Å². The van der Waals surface area contributed by atoms with Crippen LogP contribution in [0.3, 0.4) is 0 Å². The van der Waals surface area contributed by atoms with Gasteiger partial charge in [0.2, 0.25) is 0 Å². The number of aryl methyl sites for hydroxylation is 1. The number of carbonyl (C=O) groups excluding carboxylic acids is 1. The molecule has 0 aliphatic heterocycles. The Hall–Kier alpha value is -2.42. The van der Waals surface area contributed by atoms with Crippen molar-refractivity contribution in [3.8, 4) is 11.1 Å². The van der Waals surface area contributed by atoms with Crippen molar-refractivity contribution < 1.29 is 33.3 Å². The number of halogens is 3. The molecule has 1 saturated carbocycles. The topological polar surface area (TPSA) is 89.8 Å². The molecule has 1 aliphatic carbocycles. The summed E-state index contributed by atoms with van der Waals surface area (Å²) in [5.74, 6) is -0.0351. The summed E-state index contributed by atoms with van der Waals surface area (Å²) in [6.07, 6.45) is -1.97. The van der Waals surface area contributed by atoms with Gasteiger partial charge in [0, 0.05) is 12.2 Å². The van der Waals surface area contributed by atoms with E-state index in [1.54, 1.807) is 18.2 Å². The van der Waals surface area contributed by atoms with Crippen LogP contribution in [-0.4, -0.2) is 39.7 Å². The fraction of sp³-hybridized carbons (Fsp3) is 0.500. The molecule has 0 spiro atoms. The van der Waals surface area contributed by atoms with Crippen LogP contribution in [0.25, 0.3) is 11.1 Å². The van der Waals surface area contributed by atoms with Gasteiger partial charge in [-0.25, -0.2) is 0 Å². The number of carbonyl (C=O) groups is 1. The summed E-state index contributed by atoms with van der Waals surface area (Å²) < 4.78 is 39.8. The van der Waals surface area contributed by atoms with E-state index in [0.29, 0.717) is 48.3 Å². The van der Waals surface area contributed by atoms with Gasteiger partial charge >= 0.3 is 6.18 Å². The van der Waals surface area contributed by atoms with E-state index in [2.05, 4.69) is 12.2 Å². The Kier molecular flexibility index (Phi) is 8.38. The van der Waals surface area contributed by atoms with Gasteiger partial charge in [-0.2, -0.15) is 13.2 Å².